The number of nitrogens with one attached hydrogen (secondary N) is 1. The standard InChI is InChI=1S/C12H18N2O2/c1-9(15)8-13-12(16)10-4-6-11(7-5-10)14(2)3/h4-7,9,15H,8H2,1-3H3,(H,13,16)/t9-/m1/s1. The average Bonchev–Trinajstić information content (AvgIpc) is 2.26. The number of carbonyl (C=O) groups is 1. The van der Waals surface area contributed by atoms with Crippen molar-refractivity contribution in [2.75, 3.05) is 25.5 Å². The van der Waals surface area contributed by atoms with E-state index in [1.807, 2.05) is 31.1 Å². The van der Waals surface area contributed by atoms with Crippen molar-refractivity contribution in [1.29, 1.82) is 0 Å². The molecule has 0 radical (unpaired) electrons. The maximum Gasteiger partial charge on any atom is 0.251 e. The van der Waals surface area contributed by atoms with E-state index < -0.39 is 6.10 Å². The SMILES string of the molecule is C[C@@H](O)CNC(=O)c1ccc(N(C)C)cc1. The van der Waals surface area contributed by atoms with Gasteiger partial charge < -0.3 is 15.3 Å². The molecule has 0 heterocycles. The van der Waals surface area contributed by atoms with Crippen molar-refractivity contribution in [2.45, 2.75) is 13.0 Å². The number of aliphatic hydroxyl groups excluding tert-OH is 1. The number of benzene rings is 1. The summed E-state index contributed by atoms with van der Waals surface area (Å²) in [6.07, 6.45) is -0.523. The second-order valence-corrected chi connectivity index (χ2v) is 4.00. The van der Waals surface area contributed by atoms with E-state index >= 15 is 0 Å². The van der Waals surface area contributed by atoms with Gasteiger partial charge in [0.2, 0.25) is 0 Å². The summed E-state index contributed by atoms with van der Waals surface area (Å²) in [4.78, 5) is 13.6. The highest BCUT2D eigenvalue weighted by Gasteiger charge is 2.06. The van der Waals surface area contributed by atoms with Crippen LogP contribution in [0.15, 0.2) is 24.3 Å². The predicted octanol–water partition coefficient (Wildman–Crippen LogP) is 0.863. The number of carbonyl (C=O) groups excluding carboxylic acids is 1. The number of anilines is 1. The minimum Gasteiger partial charge on any atom is -0.392 e. The monoisotopic (exact) mass is 222 g/mol. The van der Waals surface area contributed by atoms with Crippen LogP contribution in [0.1, 0.15) is 17.3 Å². The van der Waals surface area contributed by atoms with Gasteiger partial charge in [0.1, 0.15) is 0 Å². The van der Waals surface area contributed by atoms with Gasteiger partial charge in [-0.15, -0.1) is 0 Å². The molecule has 4 heteroatoms. The fourth-order valence-corrected chi connectivity index (χ4v) is 1.25. The minimum atomic E-state index is -0.523. The van der Waals surface area contributed by atoms with Crippen LogP contribution in [0.25, 0.3) is 0 Å². The number of amides is 1. The molecule has 16 heavy (non-hydrogen) atoms. The van der Waals surface area contributed by atoms with Crippen molar-refractivity contribution >= 4 is 11.6 Å². The summed E-state index contributed by atoms with van der Waals surface area (Å²) in [5, 5.41) is 11.7. The molecule has 1 aromatic rings. The first-order valence-corrected chi connectivity index (χ1v) is 5.24. The van der Waals surface area contributed by atoms with Crippen molar-refractivity contribution in [3.8, 4) is 0 Å². The van der Waals surface area contributed by atoms with Crippen LogP contribution in [0.2, 0.25) is 0 Å². The Kier molecular flexibility index (Phi) is 4.31. The van der Waals surface area contributed by atoms with E-state index in [9.17, 15) is 4.79 Å². The van der Waals surface area contributed by atoms with E-state index in [0.29, 0.717) is 5.56 Å². The number of nitrogens with zero attached hydrogens (tertiary/aromatic N) is 1. The summed E-state index contributed by atoms with van der Waals surface area (Å²) in [6.45, 7) is 1.91. The fraction of sp³-hybridized carbons (Fsp3) is 0.417. The van der Waals surface area contributed by atoms with Crippen LogP contribution in [-0.4, -0.2) is 37.8 Å². The van der Waals surface area contributed by atoms with Gasteiger partial charge in [-0.1, -0.05) is 0 Å². The maximum absolute atomic E-state index is 11.6. The molecule has 0 aliphatic heterocycles. The third-order valence-corrected chi connectivity index (χ3v) is 2.20. The van der Waals surface area contributed by atoms with Crippen LogP contribution in [0.5, 0.6) is 0 Å². The summed E-state index contributed by atoms with van der Waals surface area (Å²) in [5.74, 6) is -0.161. The number of hydrogen-bond donors (Lipinski definition) is 2. The molecular formula is C12H18N2O2. The van der Waals surface area contributed by atoms with Crippen LogP contribution < -0.4 is 10.2 Å². The quantitative estimate of drug-likeness (QED) is 0.794. The smallest absolute Gasteiger partial charge is 0.251 e. The molecule has 1 amide bonds. The largest absolute Gasteiger partial charge is 0.392 e. The van der Waals surface area contributed by atoms with E-state index in [1.54, 1.807) is 19.1 Å². The minimum absolute atomic E-state index is 0.161. The molecule has 1 rings (SSSR count). The molecule has 0 saturated carbocycles. The van der Waals surface area contributed by atoms with Gasteiger partial charge in [0.25, 0.3) is 5.91 Å². The van der Waals surface area contributed by atoms with E-state index in [1.165, 1.54) is 0 Å². The fourth-order valence-electron chi connectivity index (χ4n) is 1.25. The lowest BCUT2D eigenvalue weighted by atomic mass is 10.2. The van der Waals surface area contributed by atoms with Gasteiger partial charge in [-0.3, -0.25) is 4.79 Å². The molecule has 2 N–H and O–H groups in total. The van der Waals surface area contributed by atoms with Crippen LogP contribution in [0.3, 0.4) is 0 Å². The number of aliphatic hydroxyl groups is 1. The van der Waals surface area contributed by atoms with Gasteiger partial charge in [0, 0.05) is 31.9 Å². The second kappa shape index (κ2) is 5.51. The van der Waals surface area contributed by atoms with Gasteiger partial charge in [0.05, 0.1) is 6.10 Å². The highest BCUT2D eigenvalue weighted by molar-refractivity contribution is 5.94. The van der Waals surface area contributed by atoms with Crippen LogP contribution in [0.4, 0.5) is 5.69 Å². The molecule has 1 aromatic carbocycles. The molecule has 0 unspecified atom stereocenters. The Morgan fingerprint density at radius 3 is 2.38 bits per heavy atom. The Morgan fingerprint density at radius 1 is 1.38 bits per heavy atom. The predicted molar refractivity (Wildman–Crippen MR) is 64.8 cm³/mol. The normalized spacial score (nSPS) is 12.0. The Labute approximate surface area is 95.9 Å². The lowest BCUT2D eigenvalue weighted by Gasteiger charge is -2.12. The van der Waals surface area contributed by atoms with Crippen molar-refractivity contribution in [2.24, 2.45) is 0 Å². The average molecular weight is 222 g/mol. The molecule has 4 nitrogen and oxygen atoms in total. The van der Waals surface area contributed by atoms with Crippen molar-refractivity contribution in [3.63, 3.8) is 0 Å². The summed E-state index contributed by atoms with van der Waals surface area (Å²) >= 11 is 0. The third-order valence-electron chi connectivity index (χ3n) is 2.20. The molecule has 0 aliphatic rings. The summed E-state index contributed by atoms with van der Waals surface area (Å²) in [6, 6.07) is 7.31. The molecule has 0 aromatic heterocycles. The van der Waals surface area contributed by atoms with E-state index in [0.717, 1.165) is 5.69 Å². The van der Waals surface area contributed by atoms with Gasteiger partial charge in [-0.05, 0) is 31.2 Å². The second-order valence-electron chi connectivity index (χ2n) is 4.00. The zero-order valence-corrected chi connectivity index (χ0v) is 9.90. The van der Waals surface area contributed by atoms with Crippen molar-refractivity contribution < 1.29 is 9.90 Å². The molecular weight excluding hydrogens is 204 g/mol. The molecule has 0 bridgehead atoms. The zero-order valence-electron chi connectivity index (χ0n) is 9.90. The van der Waals surface area contributed by atoms with E-state index in [2.05, 4.69) is 5.32 Å². The Bertz CT molecular complexity index is 345. The first kappa shape index (κ1) is 12.5. The van der Waals surface area contributed by atoms with Gasteiger partial charge >= 0.3 is 0 Å². The topological polar surface area (TPSA) is 52.6 Å². The van der Waals surface area contributed by atoms with Crippen LogP contribution in [-0.2, 0) is 0 Å². The lowest BCUT2D eigenvalue weighted by molar-refractivity contribution is 0.0924. The molecule has 0 spiro atoms. The van der Waals surface area contributed by atoms with Crippen molar-refractivity contribution in [1.82, 2.24) is 5.32 Å². The first-order chi connectivity index (χ1) is 7.50. The maximum atomic E-state index is 11.6. The number of hydrogen-bond acceptors (Lipinski definition) is 3. The Balaban J connectivity index is 2.63. The van der Waals surface area contributed by atoms with Gasteiger partial charge in [-0.25, -0.2) is 0 Å². The van der Waals surface area contributed by atoms with E-state index in [4.69, 9.17) is 5.11 Å². The number of rotatable bonds is 4. The lowest BCUT2D eigenvalue weighted by Crippen LogP contribution is -2.30. The van der Waals surface area contributed by atoms with Crippen LogP contribution in [0, 0.1) is 0 Å². The highest BCUT2D eigenvalue weighted by atomic mass is 16.3. The molecule has 0 aliphatic carbocycles. The summed E-state index contributed by atoms with van der Waals surface area (Å²) < 4.78 is 0. The van der Waals surface area contributed by atoms with Gasteiger partial charge in [0.15, 0.2) is 0 Å². The zero-order chi connectivity index (χ0) is 12.1. The van der Waals surface area contributed by atoms with Crippen LogP contribution >= 0.6 is 0 Å². The molecule has 88 valence electrons. The third kappa shape index (κ3) is 3.55. The Hall–Kier alpha value is -1.55. The summed E-state index contributed by atoms with van der Waals surface area (Å²) in [7, 11) is 3.89. The van der Waals surface area contributed by atoms with E-state index in [-0.39, 0.29) is 12.5 Å². The summed E-state index contributed by atoms with van der Waals surface area (Å²) in [5.41, 5.74) is 1.65. The van der Waals surface area contributed by atoms with Gasteiger partial charge in [-0.2, -0.15) is 0 Å². The van der Waals surface area contributed by atoms with Crippen molar-refractivity contribution in [3.05, 3.63) is 29.8 Å². The highest BCUT2D eigenvalue weighted by Crippen LogP contribution is 2.11. The molecule has 1 atom stereocenters. The Morgan fingerprint density at radius 2 is 1.94 bits per heavy atom. The first-order valence-electron chi connectivity index (χ1n) is 5.24. The molecule has 0 fully saturated rings. The molecule has 0 saturated heterocycles.